The van der Waals surface area contributed by atoms with E-state index in [1.807, 2.05) is 0 Å². The van der Waals surface area contributed by atoms with E-state index in [0.717, 1.165) is 12.1 Å². The van der Waals surface area contributed by atoms with Crippen molar-refractivity contribution in [1.29, 1.82) is 0 Å². The normalized spacial score (nSPS) is 17.5. The molecule has 0 spiro atoms. The average molecular weight is 591 g/mol. The number of hydrogen-bond donors (Lipinski definition) is 1. The van der Waals surface area contributed by atoms with Crippen LogP contribution < -0.4 is 5.32 Å². The molecule has 200 valence electrons. The summed E-state index contributed by atoms with van der Waals surface area (Å²) in [5.41, 5.74) is -2.54. The molecule has 1 amide bonds. The molecule has 4 rings (SSSR count). The summed E-state index contributed by atoms with van der Waals surface area (Å²) < 4.78 is 55.4. The Morgan fingerprint density at radius 1 is 1.13 bits per heavy atom. The Kier molecular flexibility index (Phi) is 8.34. The van der Waals surface area contributed by atoms with Gasteiger partial charge in [-0.25, -0.2) is 4.39 Å². The third-order valence-corrected chi connectivity index (χ3v) is 6.98. The van der Waals surface area contributed by atoms with Gasteiger partial charge in [0.1, 0.15) is 13.3 Å². The number of hydrogen-bond acceptors (Lipinski definition) is 5. The van der Waals surface area contributed by atoms with Crippen LogP contribution in [-0.4, -0.2) is 43.8 Å². The number of alkyl halides is 4. The van der Waals surface area contributed by atoms with E-state index in [1.165, 1.54) is 18.3 Å². The summed E-state index contributed by atoms with van der Waals surface area (Å²) in [6, 6.07) is 11.8. The van der Waals surface area contributed by atoms with E-state index in [-0.39, 0.29) is 45.1 Å². The standard InChI is InChI=1S/C25H18Cl3F4N3O3/c26-19-11-14(12-20(27)22(19)28)24(25(30,31)32)13-21(35-38-24)17-5-6-18(16-4-2-1-3-15(16)17)23(36)33-8-9-34-37-10-7-29/h1-6,9,11-12H,7-8,10,13H2,(H,33,36)/b34-9+. The molecule has 38 heavy (non-hydrogen) atoms. The second-order valence-electron chi connectivity index (χ2n) is 8.11. The summed E-state index contributed by atoms with van der Waals surface area (Å²) in [6.07, 6.45) is -4.29. The lowest BCUT2D eigenvalue weighted by Gasteiger charge is -2.30. The largest absolute Gasteiger partial charge is 0.435 e. The van der Waals surface area contributed by atoms with Gasteiger partial charge in [0.2, 0.25) is 0 Å². The molecule has 0 bridgehead atoms. The van der Waals surface area contributed by atoms with Crippen molar-refractivity contribution >= 4 is 63.4 Å². The maximum absolute atomic E-state index is 14.4. The number of fused-ring (bicyclic) bond motifs is 1. The van der Waals surface area contributed by atoms with Crippen LogP contribution in [0, 0.1) is 0 Å². The smallest absolute Gasteiger partial charge is 0.393 e. The molecule has 0 aromatic heterocycles. The number of benzene rings is 3. The van der Waals surface area contributed by atoms with E-state index in [2.05, 4.69) is 20.5 Å². The van der Waals surface area contributed by atoms with Crippen LogP contribution in [0.2, 0.25) is 15.1 Å². The van der Waals surface area contributed by atoms with Gasteiger partial charge in [-0.3, -0.25) is 4.79 Å². The predicted molar refractivity (Wildman–Crippen MR) is 138 cm³/mol. The second-order valence-corrected chi connectivity index (χ2v) is 9.30. The molecule has 3 aromatic carbocycles. The monoisotopic (exact) mass is 589 g/mol. The number of rotatable bonds is 8. The number of carbonyl (C=O) groups excluding carboxylic acids is 1. The van der Waals surface area contributed by atoms with Crippen molar-refractivity contribution in [2.45, 2.75) is 18.2 Å². The maximum atomic E-state index is 14.4. The van der Waals surface area contributed by atoms with Gasteiger partial charge in [0.25, 0.3) is 11.5 Å². The minimum atomic E-state index is -4.89. The van der Waals surface area contributed by atoms with E-state index in [9.17, 15) is 22.4 Å². The second kappa shape index (κ2) is 11.3. The molecule has 0 saturated carbocycles. The molecular weight excluding hydrogens is 573 g/mol. The van der Waals surface area contributed by atoms with E-state index < -0.39 is 30.8 Å². The summed E-state index contributed by atoms with van der Waals surface area (Å²) in [4.78, 5) is 22.5. The number of halogens is 7. The molecule has 1 N–H and O–H groups in total. The molecule has 1 atom stereocenters. The van der Waals surface area contributed by atoms with Crippen LogP contribution in [-0.2, 0) is 15.3 Å². The molecule has 1 aliphatic rings. The summed E-state index contributed by atoms with van der Waals surface area (Å²) >= 11 is 18.0. The molecule has 3 aromatic rings. The molecule has 0 fully saturated rings. The van der Waals surface area contributed by atoms with Crippen molar-refractivity contribution in [2.75, 3.05) is 19.8 Å². The highest BCUT2D eigenvalue weighted by Crippen LogP contribution is 2.51. The molecule has 1 aliphatic heterocycles. The van der Waals surface area contributed by atoms with Crippen LogP contribution in [0.5, 0.6) is 0 Å². The third-order valence-electron chi connectivity index (χ3n) is 5.79. The van der Waals surface area contributed by atoms with E-state index >= 15 is 0 Å². The number of carbonyl (C=O) groups is 1. The fourth-order valence-electron chi connectivity index (χ4n) is 4.00. The van der Waals surface area contributed by atoms with Crippen molar-refractivity contribution in [2.24, 2.45) is 10.3 Å². The van der Waals surface area contributed by atoms with Crippen molar-refractivity contribution in [3.05, 3.63) is 80.3 Å². The first-order valence-electron chi connectivity index (χ1n) is 11.1. The molecule has 6 nitrogen and oxygen atoms in total. The Morgan fingerprint density at radius 3 is 2.47 bits per heavy atom. The van der Waals surface area contributed by atoms with Gasteiger partial charge in [-0.15, -0.1) is 0 Å². The molecule has 0 aliphatic carbocycles. The molecule has 1 unspecified atom stereocenters. The fourth-order valence-corrected chi connectivity index (χ4v) is 4.59. The van der Waals surface area contributed by atoms with Crippen molar-refractivity contribution in [3.8, 4) is 0 Å². The molecular formula is C25H18Cl3F4N3O3. The van der Waals surface area contributed by atoms with E-state index in [0.29, 0.717) is 16.3 Å². The molecule has 1 heterocycles. The van der Waals surface area contributed by atoms with Crippen LogP contribution in [0.3, 0.4) is 0 Å². The van der Waals surface area contributed by atoms with E-state index in [1.54, 1.807) is 24.3 Å². The van der Waals surface area contributed by atoms with Crippen LogP contribution in [0.1, 0.15) is 27.9 Å². The topological polar surface area (TPSA) is 72.3 Å². The molecule has 0 radical (unpaired) electrons. The first-order chi connectivity index (χ1) is 18.1. The molecule has 13 heteroatoms. The van der Waals surface area contributed by atoms with Crippen LogP contribution >= 0.6 is 34.8 Å². The Bertz CT molecular complexity index is 1410. The van der Waals surface area contributed by atoms with Gasteiger partial charge < -0.3 is 15.0 Å². The fraction of sp³-hybridized carbons (Fsp3) is 0.240. The van der Waals surface area contributed by atoms with Gasteiger partial charge in [0.05, 0.1) is 33.5 Å². The highest BCUT2D eigenvalue weighted by atomic mass is 35.5. The third kappa shape index (κ3) is 5.39. The predicted octanol–water partition coefficient (Wildman–Crippen LogP) is 7.08. The van der Waals surface area contributed by atoms with Crippen LogP contribution in [0.4, 0.5) is 17.6 Å². The Balaban J connectivity index is 1.66. The minimum absolute atomic E-state index is 0.0159. The Hall–Kier alpha value is -3.08. The van der Waals surface area contributed by atoms with Gasteiger partial charge >= 0.3 is 6.18 Å². The van der Waals surface area contributed by atoms with Crippen molar-refractivity contribution in [3.63, 3.8) is 0 Å². The SMILES string of the molecule is O=C(NC/C=N/OCCF)c1ccc(C2=NOC(c3cc(Cl)c(Cl)c(Cl)c3)(C(F)(F)F)C2)c2ccccc12. The number of nitrogens with zero attached hydrogens (tertiary/aromatic N) is 2. The van der Waals surface area contributed by atoms with E-state index in [4.69, 9.17) is 39.6 Å². The van der Waals surface area contributed by atoms with Crippen molar-refractivity contribution in [1.82, 2.24) is 5.32 Å². The van der Waals surface area contributed by atoms with Gasteiger partial charge in [-0.2, -0.15) is 13.2 Å². The lowest BCUT2D eigenvalue weighted by molar-refractivity contribution is -0.275. The summed E-state index contributed by atoms with van der Waals surface area (Å²) in [5, 5.41) is 10.5. The lowest BCUT2D eigenvalue weighted by Crippen LogP contribution is -2.42. The zero-order valence-corrected chi connectivity index (χ0v) is 21.6. The zero-order valence-electron chi connectivity index (χ0n) is 19.3. The van der Waals surface area contributed by atoms with Gasteiger partial charge in [0, 0.05) is 23.1 Å². The van der Waals surface area contributed by atoms with Crippen molar-refractivity contribution < 1.29 is 32.0 Å². The minimum Gasteiger partial charge on any atom is -0.393 e. The number of nitrogens with one attached hydrogen (secondary N) is 1. The summed E-state index contributed by atoms with van der Waals surface area (Å²) in [7, 11) is 0. The van der Waals surface area contributed by atoms with Gasteiger partial charge in [-0.1, -0.05) is 75.4 Å². The highest BCUT2D eigenvalue weighted by Gasteiger charge is 2.62. The van der Waals surface area contributed by atoms with Crippen LogP contribution in [0.15, 0.2) is 58.8 Å². The summed E-state index contributed by atoms with van der Waals surface area (Å²) in [6.45, 7) is -0.871. The quantitative estimate of drug-likeness (QED) is 0.100. The first-order valence-corrected chi connectivity index (χ1v) is 12.2. The van der Waals surface area contributed by atoms with Crippen LogP contribution in [0.25, 0.3) is 10.8 Å². The maximum Gasteiger partial charge on any atom is 0.435 e. The van der Waals surface area contributed by atoms with Gasteiger partial charge in [0.15, 0.2) is 0 Å². The average Bonchev–Trinajstić information content (AvgIpc) is 3.35. The summed E-state index contributed by atoms with van der Waals surface area (Å²) in [5.74, 6) is -0.454. The first kappa shape index (κ1) is 27.9. The zero-order chi connectivity index (χ0) is 27.5. The Morgan fingerprint density at radius 2 is 1.82 bits per heavy atom. The molecule has 0 saturated heterocycles. The lowest BCUT2D eigenvalue weighted by atomic mass is 9.85. The highest BCUT2D eigenvalue weighted by molar-refractivity contribution is 6.48. The van der Waals surface area contributed by atoms with Gasteiger partial charge in [-0.05, 0) is 29.0 Å². The number of amides is 1. The Labute approximate surface area is 229 Å². The number of oxime groups is 2.